The van der Waals surface area contributed by atoms with Crippen LogP contribution in [-0.2, 0) is 5.54 Å². The standard InChI is InChI=1S/C11H13Cl2NO/c1-2-11(14)3-4-15-10-8(11)5-7(12)6-9(10)13/h5-6H,2-4,14H2,1H3. The van der Waals surface area contributed by atoms with Crippen LogP contribution in [0.25, 0.3) is 0 Å². The molecule has 2 nitrogen and oxygen atoms in total. The van der Waals surface area contributed by atoms with E-state index in [1.165, 1.54) is 0 Å². The minimum absolute atomic E-state index is 0.359. The Morgan fingerprint density at radius 3 is 2.87 bits per heavy atom. The number of ether oxygens (including phenoxy) is 1. The smallest absolute Gasteiger partial charge is 0.143 e. The van der Waals surface area contributed by atoms with Crippen molar-refractivity contribution in [2.45, 2.75) is 25.3 Å². The first-order valence-corrected chi connectivity index (χ1v) is 5.73. The maximum atomic E-state index is 6.31. The van der Waals surface area contributed by atoms with E-state index in [-0.39, 0.29) is 5.54 Å². The number of hydrogen-bond acceptors (Lipinski definition) is 2. The molecule has 1 aliphatic rings. The van der Waals surface area contributed by atoms with Crippen molar-refractivity contribution in [1.82, 2.24) is 0 Å². The monoisotopic (exact) mass is 245 g/mol. The third-order valence-electron chi connectivity index (χ3n) is 2.97. The van der Waals surface area contributed by atoms with Crippen molar-refractivity contribution in [1.29, 1.82) is 0 Å². The predicted octanol–water partition coefficient (Wildman–Crippen LogP) is 3.34. The number of benzene rings is 1. The molecule has 1 aliphatic heterocycles. The van der Waals surface area contributed by atoms with Crippen LogP contribution in [0.2, 0.25) is 10.0 Å². The van der Waals surface area contributed by atoms with Crippen molar-refractivity contribution in [3.8, 4) is 5.75 Å². The molecule has 1 aromatic carbocycles. The molecule has 0 saturated carbocycles. The Balaban J connectivity index is 2.60. The molecule has 0 radical (unpaired) electrons. The second-order valence-electron chi connectivity index (χ2n) is 3.87. The summed E-state index contributed by atoms with van der Waals surface area (Å²) in [4.78, 5) is 0. The molecule has 0 spiro atoms. The van der Waals surface area contributed by atoms with Crippen LogP contribution >= 0.6 is 23.2 Å². The van der Waals surface area contributed by atoms with E-state index >= 15 is 0 Å². The van der Waals surface area contributed by atoms with Crippen LogP contribution in [0.4, 0.5) is 0 Å². The average molecular weight is 246 g/mol. The lowest BCUT2D eigenvalue weighted by atomic mass is 9.83. The summed E-state index contributed by atoms with van der Waals surface area (Å²) >= 11 is 12.0. The van der Waals surface area contributed by atoms with E-state index in [2.05, 4.69) is 6.92 Å². The van der Waals surface area contributed by atoms with E-state index in [1.807, 2.05) is 6.07 Å². The molecule has 1 atom stereocenters. The van der Waals surface area contributed by atoms with Crippen LogP contribution in [0.15, 0.2) is 12.1 Å². The Morgan fingerprint density at radius 1 is 1.47 bits per heavy atom. The highest BCUT2D eigenvalue weighted by Crippen LogP contribution is 2.43. The first kappa shape index (κ1) is 11.1. The van der Waals surface area contributed by atoms with Gasteiger partial charge >= 0.3 is 0 Å². The zero-order chi connectivity index (χ0) is 11.1. The minimum Gasteiger partial charge on any atom is -0.492 e. The summed E-state index contributed by atoms with van der Waals surface area (Å²) in [6.07, 6.45) is 1.65. The van der Waals surface area contributed by atoms with Gasteiger partial charge in [-0.2, -0.15) is 0 Å². The lowest BCUT2D eigenvalue weighted by Crippen LogP contribution is -2.40. The molecule has 1 heterocycles. The molecule has 1 unspecified atom stereocenters. The highest BCUT2D eigenvalue weighted by Gasteiger charge is 2.33. The summed E-state index contributed by atoms with van der Waals surface area (Å²) < 4.78 is 5.54. The molecule has 0 amide bonds. The Bertz CT molecular complexity index is 394. The first-order valence-electron chi connectivity index (χ1n) is 4.98. The SMILES string of the molecule is CCC1(N)CCOc2c(Cl)cc(Cl)cc21. The normalized spacial score (nSPS) is 24.5. The fraction of sp³-hybridized carbons (Fsp3) is 0.455. The van der Waals surface area contributed by atoms with Gasteiger partial charge in [0.1, 0.15) is 5.75 Å². The lowest BCUT2D eigenvalue weighted by molar-refractivity contribution is 0.212. The number of fused-ring (bicyclic) bond motifs is 1. The van der Waals surface area contributed by atoms with Crippen molar-refractivity contribution in [3.63, 3.8) is 0 Å². The number of halogens is 2. The molecule has 2 N–H and O–H groups in total. The summed E-state index contributed by atoms with van der Waals surface area (Å²) in [7, 11) is 0. The summed E-state index contributed by atoms with van der Waals surface area (Å²) in [5.74, 6) is 0.691. The molecule has 15 heavy (non-hydrogen) atoms. The van der Waals surface area contributed by atoms with Crippen molar-refractivity contribution in [2.75, 3.05) is 6.61 Å². The first-order chi connectivity index (χ1) is 7.07. The number of rotatable bonds is 1. The van der Waals surface area contributed by atoms with Crippen molar-refractivity contribution in [2.24, 2.45) is 5.73 Å². The van der Waals surface area contributed by atoms with Crippen LogP contribution in [0, 0.1) is 0 Å². The van der Waals surface area contributed by atoms with E-state index in [4.69, 9.17) is 33.7 Å². The summed E-state index contributed by atoms with van der Waals surface area (Å²) in [6, 6.07) is 3.54. The molecule has 82 valence electrons. The molecule has 0 aromatic heterocycles. The Hall–Kier alpha value is -0.440. The molecular weight excluding hydrogens is 233 g/mol. The van der Waals surface area contributed by atoms with Gasteiger partial charge in [0.15, 0.2) is 0 Å². The molecule has 0 aliphatic carbocycles. The van der Waals surface area contributed by atoms with Gasteiger partial charge in [0.05, 0.1) is 11.6 Å². The van der Waals surface area contributed by atoms with Gasteiger partial charge in [-0.25, -0.2) is 0 Å². The maximum absolute atomic E-state index is 6.31. The van der Waals surface area contributed by atoms with Gasteiger partial charge in [-0.1, -0.05) is 30.1 Å². The van der Waals surface area contributed by atoms with E-state index in [0.717, 1.165) is 18.4 Å². The zero-order valence-corrected chi connectivity index (χ0v) is 10.0. The van der Waals surface area contributed by atoms with Gasteiger partial charge in [-0.05, 0) is 18.6 Å². The van der Waals surface area contributed by atoms with Crippen LogP contribution in [0.5, 0.6) is 5.75 Å². The Labute approximate surface area is 99.3 Å². The average Bonchev–Trinajstić information content (AvgIpc) is 2.20. The number of nitrogens with two attached hydrogens (primary N) is 1. The topological polar surface area (TPSA) is 35.2 Å². The highest BCUT2D eigenvalue weighted by molar-refractivity contribution is 6.35. The van der Waals surface area contributed by atoms with E-state index < -0.39 is 0 Å². The summed E-state index contributed by atoms with van der Waals surface area (Å²) in [5, 5.41) is 1.15. The quantitative estimate of drug-likeness (QED) is 0.824. The van der Waals surface area contributed by atoms with Gasteiger partial charge in [0, 0.05) is 22.5 Å². The fourth-order valence-electron chi connectivity index (χ4n) is 1.91. The predicted molar refractivity (Wildman–Crippen MR) is 62.7 cm³/mol. The van der Waals surface area contributed by atoms with E-state index in [1.54, 1.807) is 6.07 Å². The molecular formula is C11H13Cl2NO. The van der Waals surface area contributed by atoms with Gasteiger partial charge in [0.25, 0.3) is 0 Å². The van der Waals surface area contributed by atoms with Gasteiger partial charge in [-0.15, -0.1) is 0 Å². The fourth-order valence-corrected chi connectivity index (χ4v) is 2.46. The van der Waals surface area contributed by atoms with E-state index in [9.17, 15) is 0 Å². The maximum Gasteiger partial charge on any atom is 0.143 e. The molecule has 4 heteroatoms. The second-order valence-corrected chi connectivity index (χ2v) is 4.72. The van der Waals surface area contributed by atoms with Crippen LogP contribution in [-0.4, -0.2) is 6.61 Å². The van der Waals surface area contributed by atoms with Crippen molar-refractivity contribution in [3.05, 3.63) is 27.7 Å². The van der Waals surface area contributed by atoms with Gasteiger partial charge < -0.3 is 10.5 Å². The van der Waals surface area contributed by atoms with Crippen molar-refractivity contribution >= 4 is 23.2 Å². The van der Waals surface area contributed by atoms with Crippen LogP contribution < -0.4 is 10.5 Å². The molecule has 0 fully saturated rings. The Kier molecular flexibility index (Phi) is 2.84. The van der Waals surface area contributed by atoms with Crippen LogP contribution in [0.1, 0.15) is 25.3 Å². The summed E-state index contributed by atoms with van der Waals surface area (Å²) in [5.41, 5.74) is 6.88. The molecule has 1 aromatic rings. The largest absolute Gasteiger partial charge is 0.492 e. The lowest BCUT2D eigenvalue weighted by Gasteiger charge is -2.35. The van der Waals surface area contributed by atoms with Crippen molar-refractivity contribution < 1.29 is 4.74 Å². The second kappa shape index (κ2) is 3.85. The highest BCUT2D eigenvalue weighted by atomic mass is 35.5. The molecule has 0 bridgehead atoms. The van der Waals surface area contributed by atoms with Crippen LogP contribution in [0.3, 0.4) is 0 Å². The number of hydrogen-bond donors (Lipinski definition) is 1. The Morgan fingerprint density at radius 2 is 2.20 bits per heavy atom. The zero-order valence-electron chi connectivity index (χ0n) is 8.52. The third kappa shape index (κ3) is 1.82. The summed E-state index contributed by atoms with van der Waals surface area (Å²) in [6.45, 7) is 2.67. The molecule has 2 rings (SSSR count). The third-order valence-corrected chi connectivity index (χ3v) is 3.47. The minimum atomic E-state index is -0.359. The van der Waals surface area contributed by atoms with Gasteiger partial charge in [0.2, 0.25) is 0 Å². The van der Waals surface area contributed by atoms with E-state index in [0.29, 0.717) is 22.4 Å². The molecule has 0 saturated heterocycles. The van der Waals surface area contributed by atoms with Gasteiger partial charge in [-0.3, -0.25) is 0 Å².